The lowest BCUT2D eigenvalue weighted by Gasteiger charge is -2.39. The van der Waals surface area contributed by atoms with Gasteiger partial charge in [0.05, 0.1) is 17.6 Å². The lowest BCUT2D eigenvalue weighted by Crippen LogP contribution is -2.53. The molecule has 0 spiro atoms. The first-order valence-electron chi connectivity index (χ1n) is 9.41. The number of aliphatic hydroxyl groups excluding tert-OH is 1. The number of aliphatic carboxylic acids is 1. The largest absolute Gasteiger partial charge is 0.478 e. The van der Waals surface area contributed by atoms with Crippen molar-refractivity contribution in [1.82, 2.24) is 9.55 Å². The third-order valence-corrected chi connectivity index (χ3v) is 5.26. The minimum atomic E-state index is -1.24. The molecule has 0 bridgehead atoms. The number of anilines is 1. The summed E-state index contributed by atoms with van der Waals surface area (Å²) in [5.74, 6) is 0.375. The number of piperidine rings is 1. The molecule has 0 atom stereocenters. The zero-order valence-corrected chi connectivity index (χ0v) is 15.5. The number of ether oxygens (including phenoxy) is 1. The van der Waals surface area contributed by atoms with Crippen molar-refractivity contribution in [3.63, 3.8) is 0 Å². The van der Waals surface area contributed by atoms with E-state index in [4.69, 9.17) is 9.72 Å². The van der Waals surface area contributed by atoms with Crippen LogP contribution in [0.1, 0.15) is 12.8 Å². The Bertz CT molecular complexity index is 962. The van der Waals surface area contributed by atoms with Gasteiger partial charge in [0.25, 0.3) is 0 Å². The summed E-state index contributed by atoms with van der Waals surface area (Å²) < 4.78 is 7.92. The molecule has 1 aromatic heterocycles. The molecule has 0 amide bonds. The van der Waals surface area contributed by atoms with Crippen LogP contribution in [0, 0.1) is 0 Å². The molecule has 3 aromatic rings. The van der Waals surface area contributed by atoms with Gasteiger partial charge in [0, 0.05) is 32.5 Å². The minimum Gasteiger partial charge on any atom is -0.478 e. The number of hydrogen-bond donors (Lipinski definition) is 2. The molecule has 2 N–H and O–H groups in total. The summed E-state index contributed by atoms with van der Waals surface area (Å²) >= 11 is 0. The second kappa shape index (κ2) is 7.52. The Labute approximate surface area is 162 Å². The Morgan fingerprint density at radius 3 is 2.43 bits per heavy atom. The summed E-state index contributed by atoms with van der Waals surface area (Å²) in [5.41, 5.74) is 0.579. The second-order valence-electron chi connectivity index (χ2n) is 6.98. The Kier molecular flexibility index (Phi) is 4.92. The van der Waals surface area contributed by atoms with Crippen LogP contribution in [0.25, 0.3) is 11.0 Å². The maximum absolute atomic E-state index is 12.0. The number of hydrogen-bond acceptors (Lipinski definition) is 5. The highest BCUT2D eigenvalue weighted by atomic mass is 16.5. The molecule has 146 valence electrons. The molecule has 1 aliphatic rings. The van der Waals surface area contributed by atoms with Crippen LogP contribution in [-0.4, -0.2) is 51.0 Å². The smallest absolute Gasteiger partial charge is 0.348 e. The summed E-state index contributed by atoms with van der Waals surface area (Å²) in [4.78, 5) is 18.8. The SMILES string of the molecule is O=C(O)C1(Oc2ccccc2)CCN(c2nc3ccccc3n2CCO)CC1. The fraction of sp³-hybridized carbons (Fsp3) is 0.333. The maximum atomic E-state index is 12.0. The predicted octanol–water partition coefficient (Wildman–Crippen LogP) is 2.53. The Balaban J connectivity index is 1.58. The van der Waals surface area contributed by atoms with Crippen molar-refractivity contribution in [2.24, 2.45) is 0 Å². The number of carboxylic acid groups (broad SMARTS) is 1. The molecule has 7 heteroatoms. The van der Waals surface area contributed by atoms with Crippen LogP contribution in [0.5, 0.6) is 5.75 Å². The molecular formula is C21H23N3O4. The van der Waals surface area contributed by atoms with E-state index in [1.165, 1.54) is 0 Å². The average molecular weight is 381 g/mol. The van der Waals surface area contributed by atoms with Gasteiger partial charge in [-0.05, 0) is 24.3 Å². The summed E-state index contributed by atoms with van der Waals surface area (Å²) in [6.07, 6.45) is 0.694. The number of fused-ring (bicyclic) bond motifs is 1. The zero-order chi connectivity index (χ0) is 19.6. The van der Waals surface area contributed by atoms with Crippen molar-refractivity contribution in [2.45, 2.75) is 25.0 Å². The first-order chi connectivity index (χ1) is 13.6. The van der Waals surface area contributed by atoms with Crippen LogP contribution in [0.3, 0.4) is 0 Å². The number of carboxylic acids is 1. The average Bonchev–Trinajstić information content (AvgIpc) is 3.08. The molecule has 0 saturated carbocycles. The minimum absolute atomic E-state index is 0.0113. The molecule has 1 saturated heterocycles. The van der Waals surface area contributed by atoms with Gasteiger partial charge in [-0.2, -0.15) is 0 Å². The first kappa shape index (κ1) is 18.3. The summed E-state index contributed by atoms with van der Waals surface area (Å²) in [5, 5.41) is 19.3. The van der Waals surface area contributed by atoms with E-state index in [1.54, 1.807) is 12.1 Å². The number of imidazole rings is 1. The van der Waals surface area contributed by atoms with Crippen LogP contribution < -0.4 is 9.64 Å². The Hall–Kier alpha value is -3.06. The third-order valence-electron chi connectivity index (χ3n) is 5.26. The Morgan fingerprint density at radius 1 is 1.07 bits per heavy atom. The van der Waals surface area contributed by atoms with Crippen molar-refractivity contribution in [3.8, 4) is 5.75 Å². The number of para-hydroxylation sites is 3. The number of aromatic nitrogens is 2. The van der Waals surface area contributed by atoms with E-state index in [9.17, 15) is 15.0 Å². The topological polar surface area (TPSA) is 87.8 Å². The van der Waals surface area contributed by atoms with Crippen molar-refractivity contribution in [1.29, 1.82) is 0 Å². The fourth-order valence-electron chi connectivity index (χ4n) is 3.77. The number of nitrogens with zero attached hydrogens (tertiary/aromatic N) is 3. The van der Waals surface area contributed by atoms with Gasteiger partial charge in [0.15, 0.2) is 0 Å². The molecule has 0 radical (unpaired) electrons. The highest BCUT2D eigenvalue weighted by molar-refractivity contribution is 5.80. The molecule has 7 nitrogen and oxygen atoms in total. The highest BCUT2D eigenvalue weighted by Gasteiger charge is 2.44. The molecule has 4 rings (SSSR count). The van der Waals surface area contributed by atoms with Gasteiger partial charge in [-0.1, -0.05) is 30.3 Å². The quantitative estimate of drug-likeness (QED) is 0.682. The Morgan fingerprint density at radius 2 is 1.75 bits per heavy atom. The standard InChI is InChI=1S/C21H23N3O4/c25-15-14-24-18-9-5-4-8-17(18)22-20(24)23-12-10-21(11-13-23,19(26)27)28-16-6-2-1-3-7-16/h1-9,25H,10-15H2,(H,26,27). The molecule has 0 aliphatic carbocycles. The van der Waals surface area contributed by atoms with Gasteiger partial charge < -0.3 is 24.4 Å². The predicted molar refractivity (Wildman–Crippen MR) is 106 cm³/mol. The lowest BCUT2D eigenvalue weighted by molar-refractivity contribution is -0.157. The van der Waals surface area contributed by atoms with Gasteiger partial charge >= 0.3 is 5.97 Å². The van der Waals surface area contributed by atoms with Crippen LogP contribution in [0.2, 0.25) is 0 Å². The van der Waals surface area contributed by atoms with E-state index in [0.29, 0.717) is 38.2 Å². The van der Waals surface area contributed by atoms with Crippen molar-refractivity contribution in [3.05, 3.63) is 54.6 Å². The summed E-state index contributed by atoms with van der Waals surface area (Å²) in [6, 6.07) is 16.9. The lowest BCUT2D eigenvalue weighted by atomic mass is 9.91. The summed E-state index contributed by atoms with van der Waals surface area (Å²) in [6.45, 7) is 1.47. The number of aliphatic hydroxyl groups is 1. The molecular weight excluding hydrogens is 358 g/mol. The van der Waals surface area contributed by atoms with E-state index >= 15 is 0 Å². The van der Waals surface area contributed by atoms with E-state index in [-0.39, 0.29) is 6.61 Å². The summed E-state index contributed by atoms with van der Waals surface area (Å²) in [7, 11) is 0. The monoisotopic (exact) mass is 381 g/mol. The maximum Gasteiger partial charge on any atom is 0.348 e. The molecule has 2 heterocycles. The molecule has 28 heavy (non-hydrogen) atoms. The van der Waals surface area contributed by atoms with Crippen LogP contribution in [0.15, 0.2) is 54.6 Å². The second-order valence-corrected chi connectivity index (χ2v) is 6.98. The van der Waals surface area contributed by atoms with Crippen LogP contribution >= 0.6 is 0 Å². The van der Waals surface area contributed by atoms with Gasteiger partial charge in [-0.15, -0.1) is 0 Å². The van der Waals surface area contributed by atoms with Crippen molar-refractivity contribution in [2.75, 3.05) is 24.6 Å². The highest BCUT2D eigenvalue weighted by Crippen LogP contribution is 2.32. The normalized spacial score (nSPS) is 16.2. The number of carbonyl (C=O) groups is 1. The fourth-order valence-corrected chi connectivity index (χ4v) is 3.77. The van der Waals surface area contributed by atoms with E-state index < -0.39 is 11.6 Å². The van der Waals surface area contributed by atoms with Crippen molar-refractivity contribution < 1.29 is 19.7 Å². The number of benzene rings is 2. The van der Waals surface area contributed by atoms with Gasteiger partial charge in [0.2, 0.25) is 11.5 Å². The first-order valence-corrected chi connectivity index (χ1v) is 9.41. The molecule has 1 aliphatic heterocycles. The molecule has 0 unspecified atom stereocenters. The van der Waals surface area contributed by atoms with E-state index in [0.717, 1.165) is 17.0 Å². The van der Waals surface area contributed by atoms with Crippen molar-refractivity contribution >= 4 is 23.0 Å². The third kappa shape index (κ3) is 3.29. The van der Waals surface area contributed by atoms with Gasteiger partial charge in [0.1, 0.15) is 5.75 Å². The molecule has 1 fully saturated rings. The molecule has 2 aromatic carbocycles. The van der Waals surface area contributed by atoms with E-state index in [2.05, 4.69) is 4.90 Å². The van der Waals surface area contributed by atoms with Gasteiger partial charge in [-0.25, -0.2) is 9.78 Å². The zero-order valence-electron chi connectivity index (χ0n) is 15.5. The van der Waals surface area contributed by atoms with E-state index in [1.807, 2.05) is 47.0 Å². The number of rotatable bonds is 6. The van der Waals surface area contributed by atoms with Crippen LogP contribution in [0.4, 0.5) is 5.95 Å². The van der Waals surface area contributed by atoms with Crippen LogP contribution in [-0.2, 0) is 11.3 Å². The van der Waals surface area contributed by atoms with Gasteiger partial charge in [-0.3, -0.25) is 0 Å².